The third kappa shape index (κ3) is 5.92. The molecule has 47 heavy (non-hydrogen) atoms. The van der Waals surface area contributed by atoms with E-state index in [4.69, 9.17) is 27.3 Å². The number of aliphatic hydroxyl groups is 1. The minimum atomic E-state index is -2.00. The average molecular weight is 714 g/mol. The van der Waals surface area contributed by atoms with Crippen molar-refractivity contribution < 1.29 is 59.1 Å². The van der Waals surface area contributed by atoms with Gasteiger partial charge in [0.1, 0.15) is 5.69 Å². The number of nitrogens with two attached hydrogens (primary N) is 1. The molecule has 3 fully saturated rings. The van der Waals surface area contributed by atoms with E-state index < -0.39 is 99.6 Å². The molecule has 250 valence electrons. The Labute approximate surface area is 276 Å². The number of aromatic nitrogens is 1. The van der Waals surface area contributed by atoms with Crippen LogP contribution < -0.4 is 11.2 Å². The van der Waals surface area contributed by atoms with Crippen LogP contribution >= 0.6 is 34.7 Å². The van der Waals surface area contributed by atoms with Crippen LogP contribution in [0.2, 0.25) is 5.02 Å². The summed E-state index contributed by atoms with van der Waals surface area (Å²) >= 11 is 7.63. The van der Waals surface area contributed by atoms with Gasteiger partial charge in [-0.15, -0.1) is 11.3 Å². The molecule has 3 saturated heterocycles. The van der Waals surface area contributed by atoms with Crippen LogP contribution in [0.15, 0.2) is 22.7 Å². The van der Waals surface area contributed by atoms with Gasteiger partial charge in [-0.1, -0.05) is 28.5 Å². The number of amides is 4. The van der Waals surface area contributed by atoms with Crippen LogP contribution in [0.3, 0.4) is 0 Å². The number of aromatic hydroxyl groups is 2. The minimum absolute atomic E-state index is 0.0470. The fourth-order valence-corrected chi connectivity index (χ4v) is 7.53. The summed E-state index contributed by atoms with van der Waals surface area (Å²) < 4.78 is 0. The normalized spacial score (nSPS) is 22.9. The highest BCUT2D eigenvalue weighted by atomic mass is 35.5. The SMILES string of the molecule is Nc1nc(/C(=N/OC(CO)C(=O)O)C(=O)C[C@@H]2C(=O)N3C[C@](C(=O)O)(N4CCN(NC(=O)c5ccc(O)c(O)c5Cl)C4=O)S[C@H]23)cs1. The second-order valence-corrected chi connectivity index (χ2v) is 12.9. The van der Waals surface area contributed by atoms with Gasteiger partial charge in [-0.05, 0) is 12.1 Å². The number of carboxylic acid groups (broad SMARTS) is 2. The number of fused-ring (bicyclic) bond motifs is 1. The molecule has 5 rings (SSSR count). The van der Waals surface area contributed by atoms with Crippen LogP contribution in [-0.4, -0.2) is 129 Å². The number of Topliss-reactive ketones (excluding diaryl/α,β-unsaturated/α-hetero) is 1. The number of rotatable bonds is 12. The smallest absolute Gasteiger partial charge is 0.350 e. The summed E-state index contributed by atoms with van der Waals surface area (Å²) in [4.78, 5) is 85.5. The van der Waals surface area contributed by atoms with E-state index in [1.54, 1.807) is 0 Å². The first-order chi connectivity index (χ1) is 22.2. The van der Waals surface area contributed by atoms with Crippen molar-refractivity contribution in [1.29, 1.82) is 0 Å². The number of aliphatic carboxylic acids is 2. The lowest BCUT2D eigenvalue weighted by atomic mass is 9.90. The Kier molecular flexibility index (Phi) is 9.08. The zero-order valence-corrected chi connectivity index (χ0v) is 26.0. The number of thioether (sulfide) groups is 1. The van der Waals surface area contributed by atoms with Crippen LogP contribution in [0.4, 0.5) is 9.93 Å². The van der Waals surface area contributed by atoms with E-state index in [0.29, 0.717) is 0 Å². The molecule has 4 atom stereocenters. The zero-order valence-electron chi connectivity index (χ0n) is 23.6. The molecule has 1 aromatic carbocycles. The fourth-order valence-electron chi connectivity index (χ4n) is 5.04. The Bertz CT molecular complexity index is 1720. The number of halogens is 1. The first-order valence-corrected chi connectivity index (χ1v) is 15.5. The highest BCUT2D eigenvalue weighted by molar-refractivity contribution is 8.02. The molecule has 22 heteroatoms. The molecule has 0 spiro atoms. The van der Waals surface area contributed by atoms with Gasteiger partial charge in [-0.3, -0.25) is 24.7 Å². The standard InChI is InChI=1S/C25H24ClN7O12S2/c26-15-9(1-2-12(35)17(15)37)18(38)29-33-4-3-32(24(33)44)25(22(42)43)8-31-19(39)10(20(31)47-25)5-13(36)16(11-7-46-23(27)28-11)30-45-14(6-34)21(40)41/h1-2,7,10,14,20,34-35,37H,3-6,8H2,(H2,27,28)(H,29,38)(H,40,41)(H,42,43)/b30-16-/t10-,14?,20-,25+/m1/s1. The molecule has 1 aromatic heterocycles. The number of hydrogen-bond donors (Lipinski definition) is 7. The van der Waals surface area contributed by atoms with Crippen molar-refractivity contribution in [2.75, 3.05) is 32.0 Å². The molecule has 0 aliphatic carbocycles. The lowest BCUT2D eigenvalue weighted by molar-refractivity contribution is -0.154. The van der Waals surface area contributed by atoms with Gasteiger partial charge in [0, 0.05) is 18.3 Å². The van der Waals surface area contributed by atoms with Crippen molar-refractivity contribution in [2.45, 2.75) is 22.8 Å². The number of nitrogens with one attached hydrogen (secondary N) is 1. The lowest BCUT2D eigenvalue weighted by Gasteiger charge is -2.40. The Balaban J connectivity index is 1.31. The molecule has 0 saturated carbocycles. The summed E-state index contributed by atoms with van der Waals surface area (Å²) in [6, 6.07) is 1.21. The van der Waals surface area contributed by atoms with E-state index in [2.05, 4.69) is 15.6 Å². The number of aliphatic hydroxyl groups excluding tert-OH is 1. The van der Waals surface area contributed by atoms with E-state index >= 15 is 0 Å². The number of carbonyl (C=O) groups is 6. The average Bonchev–Trinajstić information content (AvgIpc) is 3.72. The number of thiazole rings is 1. The number of anilines is 1. The van der Waals surface area contributed by atoms with Crippen LogP contribution in [-0.2, 0) is 24.0 Å². The Morgan fingerprint density at radius 1 is 1.21 bits per heavy atom. The monoisotopic (exact) mass is 713 g/mol. The first kappa shape index (κ1) is 33.5. The predicted octanol–water partition coefficient (Wildman–Crippen LogP) is -0.690. The van der Waals surface area contributed by atoms with Gasteiger partial charge in [0.2, 0.25) is 16.9 Å². The number of carboxylic acids is 2. The number of nitrogens with zero attached hydrogens (tertiary/aromatic N) is 5. The third-order valence-corrected chi connectivity index (χ3v) is 10.2. The van der Waals surface area contributed by atoms with Gasteiger partial charge in [-0.25, -0.2) is 24.4 Å². The van der Waals surface area contributed by atoms with Gasteiger partial charge in [0.05, 0.1) is 41.6 Å². The van der Waals surface area contributed by atoms with Crippen molar-refractivity contribution >= 4 is 81.1 Å². The van der Waals surface area contributed by atoms with Crippen LogP contribution in [0, 0.1) is 5.92 Å². The molecule has 1 unspecified atom stereocenters. The molecular weight excluding hydrogens is 690 g/mol. The maximum Gasteiger partial charge on any atom is 0.350 e. The summed E-state index contributed by atoms with van der Waals surface area (Å²) in [5.41, 5.74) is 7.12. The maximum absolute atomic E-state index is 13.4. The van der Waals surface area contributed by atoms with E-state index in [1.165, 1.54) is 10.3 Å². The number of hydrazine groups is 1. The van der Waals surface area contributed by atoms with Crippen molar-refractivity contribution in [3.8, 4) is 11.5 Å². The number of ketones is 1. The van der Waals surface area contributed by atoms with Crippen molar-refractivity contribution in [2.24, 2.45) is 11.1 Å². The van der Waals surface area contributed by atoms with E-state index in [1.807, 2.05) is 0 Å². The van der Waals surface area contributed by atoms with Crippen LogP contribution in [0.5, 0.6) is 11.5 Å². The number of phenols is 2. The summed E-state index contributed by atoms with van der Waals surface area (Å²) in [5, 5.41) is 52.5. The number of oxime groups is 1. The molecular formula is C25H24ClN7O12S2. The summed E-state index contributed by atoms with van der Waals surface area (Å²) in [6.07, 6.45) is -2.32. The Morgan fingerprint density at radius 2 is 1.94 bits per heavy atom. The van der Waals surface area contributed by atoms with E-state index in [-0.39, 0.29) is 29.5 Å². The summed E-state index contributed by atoms with van der Waals surface area (Å²) in [7, 11) is 0. The number of hydrogen-bond acceptors (Lipinski definition) is 15. The van der Waals surface area contributed by atoms with E-state index in [0.717, 1.165) is 45.1 Å². The van der Waals surface area contributed by atoms with Gasteiger partial charge < -0.3 is 41.0 Å². The molecule has 3 aliphatic heterocycles. The van der Waals surface area contributed by atoms with Crippen molar-refractivity contribution in [1.82, 2.24) is 25.2 Å². The molecule has 3 aliphatic rings. The molecule has 19 nitrogen and oxygen atoms in total. The van der Waals surface area contributed by atoms with E-state index in [9.17, 15) is 49.2 Å². The number of urea groups is 1. The third-order valence-electron chi connectivity index (χ3n) is 7.45. The largest absolute Gasteiger partial charge is 0.504 e. The highest BCUT2D eigenvalue weighted by Gasteiger charge is 2.66. The zero-order chi connectivity index (χ0) is 34.4. The number of β-lactam (4-membered cyclic amide) rings is 1. The molecule has 4 heterocycles. The number of carbonyl (C=O) groups excluding carboxylic acids is 4. The predicted molar refractivity (Wildman–Crippen MR) is 160 cm³/mol. The van der Waals surface area contributed by atoms with Crippen LogP contribution in [0.25, 0.3) is 0 Å². The number of phenolic OH excluding ortho intramolecular Hbond substituents is 2. The molecule has 0 bridgehead atoms. The van der Waals surface area contributed by atoms with Gasteiger partial charge in [0.15, 0.2) is 28.1 Å². The van der Waals surface area contributed by atoms with Gasteiger partial charge in [-0.2, -0.15) is 0 Å². The van der Waals surface area contributed by atoms with Crippen molar-refractivity contribution in [3.63, 3.8) is 0 Å². The number of benzene rings is 1. The second-order valence-electron chi connectivity index (χ2n) is 10.2. The van der Waals surface area contributed by atoms with Crippen molar-refractivity contribution in [3.05, 3.63) is 33.8 Å². The molecule has 2 aromatic rings. The summed E-state index contributed by atoms with van der Waals surface area (Å²) in [5.74, 6) is -7.74. The lowest BCUT2D eigenvalue weighted by Crippen LogP contribution is -2.60. The Morgan fingerprint density at radius 3 is 2.55 bits per heavy atom. The number of nitrogen functional groups attached to an aromatic ring is 1. The molecule has 8 N–H and O–H groups in total. The topological polar surface area (TPSA) is 286 Å². The van der Waals surface area contributed by atoms with Gasteiger partial charge in [0.25, 0.3) is 5.91 Å². The molecule has 4 amide bonds. The van der Waals surface area contributed by atoms with Crippen LogP contribution in [0.1, 0.15) is 22.5 Å². The maximum atomic E-state index is 13.4. The summed E-state index contributed by atoms with van der Waals surface area (Å²) in [6.45, 7) is -1.74. The second kappa shape index (κ2) is 12.7. The van der Waals surface area contributed by atoms with Gasteiger partial charge >= 0.3 is 18.0 Å². The Hall–Kier alpha value is -4.86. The first-order valence-electron chi connectivity index (χ1n) is 13.3. The minimum Gasteiger partial charge on any atom is -0.504 e. The fraction of sp³-hybridized carbons (Fsp3) is 0.360. The quantitative estimate of drug-likeness (QED) is 0.0620. The highest BCUT2D eigenvalue weighted by Crippen LogP contribution is 2.53. The molecule has 0 radical (unpaired) electrons.